The summed E-state index contributed by atoms with van der Waals surface area (Å²) in [6.45, 7) is 2.39. The number of rotatable bonds is 4. The van der Waals surface area contributed by atoms with E-state index in [1.807, 2.05) is 29.2 Å². The van der Waals surface area contributed by atoms with Gasteiger partial charge in [0.05, 0.1) is 17.1 Å². The molecule has 5 rings (SSSR count). The van der Waals surface area contributed by atoms with Crippen molar-refractivity contribution < 1.29 is 4.79 Å². The van der Waals surface area contributed by atoms with E-state index in [2.05, 4.69) is 22.1 Å². The predicted molar refractivity (Wildman–Crippen MR) is 134 cm³/mol. The molecule has 1 aliphatic rings. The van der Waals surface area contributed by atoms with Gasteiger partial charge in [-0.05, 0) is 59.9 Å². The number of fused-ring (bicyclic) bond motifs is 2. The zero-order valence-corrected chi connectivity index (χ0v) is 19.4. The molecule has 1 atom stereocenters. The maximum Gasteiger partial charge on any atom is 0.291 e. The van der Waals surface area contributed by atoms with Crippen molar-refractivity contribution in [1.29, 1.82) is 10.8 Å². The first-order valence-corrected chi connectivity index (χ1v) is 11.7. The van der Waals surface area contributed by atoms with Gasteiger partial charge in [0.2, 0.25) is 0 Å². The van der Waals surface area contributed by atoms with Crippen LogP contribution in [0.3, 0.4) is 0 Å². The molecule has 176 valence electrons. The molecular weight excluding hydrogens is 440 g/mol. The molecule has 3 heterocycles. The van der Waals surface area contributed by atoms with E-state index in [-0.39, 0.29) is 23.3 Å². The standard InChI is InChI=1S/C27H26N6O2/c1-2-24(28)33-22-8-7-19(16-21(22)31-26(34)25(33)29)27(35)32-14-11-18-5-3-4-6-20(18)23(32)15-17-9-12-30-13-10-17/h3-10,12-13,16,23,28-29H,2,11,14-15H2,1H3,(H,31,34). The second kappa shape index (κ2) is 9.13. The van der Waals surface area contributed by atoms with Gasteiger partial charge in [-0.25, -0.2) is 0 Å². The van der Waals surface area contributed by atoms with Gasteiger partial charge in [-0.2, -0.15) is 0 Å². The molecule has 1 unspecified atom stereocenters. The number of H-pyrrole nitrogens is 1. The van der Waals surface area contributed by atoms with Gasteiger partial charge in [0.1, 0.15) is 5.84 Å². The van der Waals surface area contributed by atoms with E-state index in [9.17, 15) is 9.59 Å². The highest BCUT2D eigenvalue weighted by Crippen LogP contribution is 2.33. The zero-order chi connectivity index (χ0) is 24.5. The van der Waals surface area contributed by atoms with Gasteiger partial charge >= 0.3 is 0 Å². The molecule has 8 nitrogen and oxygen atoms in total. The number of hydrogen-bond donors (Lipinski definition) is 3. The molecule has 0 bridgehead atoms. The fourth-order valence-corrected chi connectivity index (χ4v) is 4.83. The quantitative estimate of drug-likeness (QED) is 0.316. The Kier molecular flexibility index (Phi) is 5.86. The SMILES string of the molecule is CCC(=N)n1c(=N)c(=O)[nH]c2cc(C(=O)N3CCc4ccccc4C3Cc3ccncc3)ccc21. The minimum atomic E-state index is -0.595. The number of benzene rings is 2. The molecule has 0 spiro atoms. The lowest BCUT2D eigenvalue weighted by Gasteiger charge is -2.37. The Morgan fingerprint density at radius 3 is 2.69 bits per heavy atom. The van der Waals surface area contributed by atoms with E-state index in [1.54, 1.807) is 37.5 Å². The average Bonchev–Trinajstić information content (AvgIpc) is 2.89. The first-order chi connectivity index (χ1) is 17.0. The predicted octanol–water partition coefficient (Wildman–Crippen LogP) is 3.42. The van der Waals surface area contributed by atoms with Crippen LogP contribution in [-0.4, -0.2) is 37.7 Å². The molecule has 4 aromatic rings. The number of nitrogens with one attached hydrogen (secondary N) is 3. The third-order valence-electron chi connectivity index (χ3n) is 6.63. The van der Waals surface area contributed by atoms with Gasteiger partial charge in [0.15, 0.2) is 5.49 Å². The van der Waals surface area contributed by atoms with E-state index in [0.717, 1.165) is 17.5 Å². The van der Waals surface area contributed by atoms with Crippen LogP contribution in [-0.2, 0) is 12.8 Å². The summed E-state index contributed by atoms with van der Waals surface area (Å²) in [6.07, 6.45) is 5.35. The lowest BCUT2D eigenvalue weighted by molar-refractivity contribution is 0.0660. The monoisotopic (exact) mass is 466 g/mol. The van der Waals surface area contributed by atoms with Crippen LogP contribution >= 0.6 is 0 Å². The molecule has 1 amide bonds. The minimum Gasteiger partial charge on any atom is -0.331 e. The summed E-state index contributed by atoms with van der Waals surface area (Å²) in [5.41, 5.74) is 4.01. The molecule has 0 radical (unpaired) electrons. The van der Waals surface area contributed by atoms with Gasteiger partial charge in [-0.3, -0.25) is 30.0 Å². The zero-order valence-electron chi connectivity index (χ0n) is 19.4. The Balaban J connectivity index is 1.57. The fourth-order valence-electron chi connectivity index (χ4n) is 4.83. The second-order valence-electron chi connectivity index (χ2n) is 8.69. The van der Waals surface area contributed by atoms with Crippen LogP contribution in [0.2, 0.25) is 0 Å². The van der Waals surface area contributed by atoms with Crippen LogP contribution in [0, 0.1) is 10.8 Å². The van der Waals surface area contributed by atoms with Gasteiger partial charge in [-0.1, -0.05) is 31.2 Å². The van der Waals surface area contributed by atoms with E-state index in [4.69, 9.17) is 10.8 Å². The van der Waals surface area contributed by atoms with Crippen LogP contribution in [0.4, 0.5) is 0 Å². The Bertz CT molecular complexity index is 1550. The maximum absolute atomic E-state index is 13.8. The summed E-state index contributed by atoms with van der Waals surface area (Å²) in [7, 11) is 0. The lowest BCUT2D eigenvalue weighted by atomic mass is 9.88. The van der Waals surface area contributed by atoms with Gasteiger partial charge in [0.25, 0.3) is 11.5 Å². The van der Waals surface area contributed by atoms with Crippen molar-refractivity contribution in [2.24, 2.45) is 0 Å². The maximum atomic E-state index is 13.8. The Morgan fingerprint density at radius 1 is 1.14 bits per heavy atom. The van der Waals surface area contributed by atoms with E-state index >= 15 is 0 Å². The summed E-state index contributed by atoms with van der Waals surface area (Å²) < 4.78 is 1.33. The molecule has 1 aliphatic heterocycles. The average molecular weight is 467 g/mol. The lowest BCUT2D eigenvalue weighted by Crippen LogP contribution is -2.41. The molecule has 2 aromatic carbocycles. The van der Waals surface area contributed by atoms with Gasteiger partial charge in [-0.15, -0.1) is 0 Å². The van der Waals surface area contributed by atoms with Gasteiger partial charge in [0, 0.05) is 30.9 Å². The van der Waals surface area contributed by atoms with E-state index < -0.39 is 5.56 Å². The number of carbonyl (C=O) groups is 1. The van der Waals surface area contributed by atoms with Crippen molar-refractivity contribution in [2.75, 3.05) is 6.54 Å². The first-order valence-electron chi connectivity index (χ1n) is 11.7. The number of carbonyl (C=O) groups excluding carboxylic acids is 1. The van der Waals surface area contributed by atoms with Crippen LogP contribution < -0.4 is 11.0 Å². The summed E-state index contributed by atoms with van der Waals surface area (Å²) in [6, 6.07) is 17.1. The normalized spacial score (nSPS) is 15.1. The minimum absolute atomic E-state index is 0.117. The molecule has 2 aromatic heterocycles. The molecule has 0 saturated carbocycles. The topological polar surface area (TPSA) is 119 Å². The van der Waals surface area contributed by atoms with Crippen molar-refractivity contribution in [3.8, 4) is 0 Å². The molecular formula is C27H26N6O2. The molecule has 0 fully saturated rings. The number of aromatic nitrogens is 3. The number of nitrogens with zero attached hydrogens (tertiary/aromatic N) is 3. The molecule has 3 N–H and O–H groups in total. The largest absolute Gasteiger partial charge is 0.331 e. The highest BCUT2D eigenvalue weighted by Gasteiger charge is 2.31. The highest BCUT2D eigenvalue weighted by molar-refractivity contribution is 5.99. The van der Waals surface area contributed by atoms with Crippen molar-refractivity contribution in [1.82, 2.24) is 19.4 Å². The third kappa shape index (κ3) is 4.07. The number of hydrogen-bond acceptors (Lipinski definition) is 5. The Morgan fingerprint density at radius 2 is 1.91 bits per heavy atom. The van der Waals surface area contributed by atoms with Crippen molar-refractivity contribution in [3.05, 3.63) is 105 Å². The molecule has 35 heavy (non-hydrogen) atoms. The number of pyridine rings is 1. The smallest absolute Gasteiger partial charge is 0.291 e. The highest BCUT2D eigenvalue weighted by atomic mass is 16.2. The second-order valence-corrected chi connectivity index (χ2v) is 8.69. The third-order valence-corrected chi connectivity index (χ3v) is 6.63. The summed E-state index contributed by atoms with van der Waals surface area (Å²) in [5, 5.41) is 16.3. The van der Waals surface area contributed by atoms with Gasteiger partial charge < -0.3 is 9.88 Å². The molecule has 0 aliphatic carbocycles. The van der Waals surface area contributed by atoms with E-state index in [0.29, 0.717) is 36.0 Å². The first kappa shape index (κ1) is 22.5. The van der Waals surface area contributed by atoms with Crippen LogP contribution in [0.5, 0.6) is 0 Å². The Hall–Kier alpha value is -4.33. The summed E-state index contributed by atoms with van der Waals surface area (Å²) in [4.78, 5) is 34.9. The van der Waals surface area contributed by atoms with Crippen LogP contribution in [0.15, 0.2) is 71.8 Å². The van der Waals surface area contributed by atoms with E-state index in [1.165, 1.54) is 10.1 Å². The fraction of sp³-hybridized carbons (Fsp3) is 0.222. The van der Waals surface area contributed by atoms with Crippen LogP contribution in [0.1, 0.15) is 46.4 Å². The molecule has 0 saturated heterocycles. The van der Waals surface area contributed by atoms with Crippen molar-refractivity contribution >= 4 is 22.8 Å². The summed E-state index contributed by atoms with van der Waals surface area (Å²) in [5.74, 6) is 0.0311. The Labute approximate surface area is 201 Å². The number of amides is 1. The van der Waals surface area contributed by atoms with Crippen molar-refractivity contribution in [2.45, 2.75) is 32.2 Å². The number of aromatic amines is 1. The van der Waals surface area contributed by atoms with Crippen molar-refractivity contribution in [3.63, 3.8) is 0 Å². The molecule has 8 heteroatoms. The van der Waals surface area contributed by atoms with Crippen LogP contribution in [0.25, 0.3) is 11.0 Å². The summed E-state index contributed by atoms with van der Waals surface area (Å²) >= 11 is 0.